The van der Waals surface area contributed by atoms with Gasteiger partial charge in [-0.2, -0.15) is 13.2 Å². The molecule has 0 spiro atoms. The first kappa shape index (κ1) is 17.9. The summed E-state index contributed by atoms with van der Waals surface area (Å²) in [6.45, 7) is 1.63. The highest BCUT2D eigenvalue weighted by molar-refractivity contribution is 7.92. The van der Waals surface area contributed by atoms with Gasteiger partial charge in [0.15, 0.2) is 0 Å². The standard InChI is InChI=1S/C12H15ClF3NO3S/c1-8(6-13)7-21(18,19)17-9-3-4-11(20-2)10(5-9)12(14,15)16/h3-5,8,17H,6-7H2,1-2H3. The van der Waals surface area contributed by atoms with Gasteiger partial charge in [-0.15, -0.1) is 11.6 Å². The molecule has 0 saturated carbocycles. The first-order valence-electron chi connectivity index (χ1n) is 5.90. The minimum absolute atomic E-state index is 0.136. The maximum Gasteiger partial charge on any atom is 0.420 e. The van der Waals surface area contributed by atoms with E-state index < -0.39 is 21.8 Å². The Hall–Kier alpha value is -1.15. The summed E-state index contributed by atoms with van der Waals surface area (Å²) in [5.41, 5.74) is -1.22. The lowest BCUT2D eigenvalue weighted by molar-refractivity contribution is -0.138. The van der Waals surface area contributed by atoms with Gasteiger partial charge in [-0.3, -0.25) is 4.72 Å². The SMILES string of the molecule is COc1ccc(NS(=O)(=O)CC(C)CCl)cc1C(F)(F)F. The van der Waals surface area contributed by atoms with Crippen LogP contribution in [0.15, 0.2) is 18.2 Å². The fraction of sp³-hybridized carbons (Fsp3) is 0.500. The van der Waals surface area contributed by atoms with Gasteiger partial charge in [0.2, 0.25) is 10.0 Å². The molecule has 1 unspecified atom stereocenters. The van der Waals surface area contributed by atoms with E-state index in [-0.39, 0.29) is 29.0 Å². The minimum atomic E-state index is -4.64. The summed E-state index contributed by atoms with van der Waals surface area (Å²) < 4.78 is 68.8. The molecule has 1 aromatic rings. The zero-order valence-corrected chi connectivity index (χ0v) is 12.9. The first-order valence-corrected chi connectivity index (χ1v) is 8.09. The van der Waals surface area contributed by atoms with Crippen molar-refractivity contribution in [1.82, 2.24) is 0 Å². The van der Waals surface area contributed by atoms with E-state index >= 15 is 0 Å². The number of sulfonamides is 1. The van der Waals surface area contributed by atoms with Crippen LogP contribution in [-0.4, -0.2) is 27.2 Å². The van der Waals surface area contributed by atoms with Crippen LogP contribution in [0.1, 0.15) is 12.5 Å². The van der Waals surface area contributed by atoms with Gasteiger partial charge in [0.05, 0.1) is 18.4 Å². The minimum Gasteiger partial charge on any atom is -0.496 e. The summed E-state index contributed by atoms with van der Waals surface area (Å²) in [6, 6.07) is 2.96. The molecule has 0 radical (unpaired) electrons. The normalized spacial score (nSPS) is 13.8. The van der Waals surface area contributed by atoms with Crippen molar-refractivity contribution in [3.05, 3.63) is 23.8 Å². The molecule has 1 rings (SSSR count). The van der Waals surface area contributed by atoms with Crippen LogP contribution in [0.4, 0.5) is 18.9 Å². The van der Waals surface area contributed by atoms with E-state index in [1.165, 1.54) is 6.07 Å². The summed E-state index contributed by atoms with van der Waals surface area (Å²) in [4.78, 5) is 0. The Labute approximate surface area is 126 Å². The molecule has 1 N–H and O–H groups in total. The van der Waals surface area contributed by atoms with Crippen molar-refractivity contribution in [3.8, 4) is 5.75 Å². The van der Waals surface area contributed by atoms with Crippen molar-refractivity contribution in [2.45, 2.75) is 13.1 Å². The van der Waals surface area contributed by atoms with E-state index in [1.807, 2.05) is 0 Å². The smallest absolute Gasteiger partial charge is 0.420 e. The Morgan fingerprint density at radius 1 is 1.38 bits per heavy atom. The number of nitrogens with one attached hydrogen (secondary N) is 1. The van der Waals surface area contributed by atoms with Crippen LogP contribution in [0.25, 0.3) is 0 Å². The lowest BCUT2D eigenvalue weighted by Crippen LogP contribution is -2.22. The van der Waals surface area contributed by atoms with Crippen LogP contribution in [0.2, 0.25) is 0 Å². The maximum absolute atomic E-state index is 12.8. The molecule has 9 heteroatoms. The molecular weight excluding hydrogens is 331 g/mol. The highest BCUT2D eigenvalue weighted by Crippen LogP contribution is 2.37. The van der Waals surface area contributed by atoms with Gasteiger partial charge in [0, 0.05) is 11.6 Å². The van der Waals surface area contributed by atoms with Crippen molar-refractivity contribution < 1.29 is 26.3 Å². The van der Waals surface area contributed by atoms with Crippen LogP contribution >= 0.6 is 11.6 Å². The second kappa shape index (κ2) is 6.74. The predicted octanol–water partition coefficient (Wildman–Crippen LogP) is 3.33. The van der Waals surface area contributed by atoms with Gasteiger partial charge in [-0.25, -0.2) is 8.42 Å². The van der Waals surface area contributed by atoms with Crippen LogP contribution in [-0.2, 0) is 16.2 Å². The molecule has 0 amide bonds. The van der Waals surface area contributed by atoms with Crippen molar-refractivity contribution in [3.63, 3.8) is 0 Å². The van der Waals surface area contributed by atoms with Gasteiger partial charge in [-0.1, -0.05) is 6.92 Å². The highest BCUT2D eigenvalue weighted by Gasteiger charge is 2.34. The van der Waals surface area contributed by atoms with E-state index in [2.05, 4.69) is 9.46 Å². The van der Waals surface area contributed by atoms with Gasteiger partial charge in [-0.05, 0) is 24.1 Å². The average molecular weight is 346 g/mol. The summed E-state index contributed by atoms with van der Waals surface area (Å²) in [5.74, 6) is -0.828. The molecular formula is C12H15ClF3NO3S. The third-order valence-corrected chi connectivity index (χ3v) is 4.63. The predicted molar refractivity (Wildman–Crippen MR) is 75.3 cm³/mol. The van der Waals surface area contributed by atoms with E-state index in [0.29, 0.717) is 6.07 Å². The number of hydrogen-bond acceptors (Lipinski definition) is 3. The molecule has 4 nitrogen and oxygen atoms in total. The number of alkyl halides is 4. The van der Waals surface area contributed by atoms with Crippen molar-refractivity contribution in [2.75, 3.05) is 23.5 Å². The second-order valence-electron chi connectivity index (χ2n) is 4.56. The number of hydrogen-bond donors (Lipinski definition) is 1. The monoisotopic (exact) mass is 345 g/mol. The van der Waals surface area contributed by atoms with Crippen molar-refractivity contribution >= 4 is 27.3 Å². The summed E-state index contributed by atoms with van der Waals surface area (Å²) in [6.07, 6.45) is -4.64. The molecule has 0 aliphatic rings. The fourth-order valence-electron chi connectivity index (χ4n) is 1.63. The third kappa shape index (κ3) is 5.28. The Bertz CT molecular complexity index is 590. The molecule has 0 bridgehead atoms. The number of methoxy groups -OCH3 is 1. The second-order valence-corrected chi connectivity index (χ2v) is 6.63. The van der Waals surface area contributed by atoms with Gasteiger partial charge in [0.1, 0.15) is 5.75 Å². The van der Waals surface area contributed by atoms with E-state index in [4.69, 9.17) is 11.6 Å². The average Bonchev–Trinajstić information content (AvgIpc) is 2.36. The number of anilines is 1. The Morgan fingerprint density at radius 3 is 2.48 bits per heavy atom. The van der Waals surface area contributed by atoms with Crippen LogP contribution < -0.4 is 9.46 Å². The van der Waals surface area contributed by atoms with Gasteiger partial charge in [0.25, 0.3) is 0 Å². The zero-order chi connectivity index (χ0) is 16.3. The molecule has 1 aromatic carbocycles. The van der Waals surface area contributed by atoms with Crippen LogP contribution in [0.3, 0.4) is 0 Å². The quantitative estimate of drug-likeness (QED) is 0.805. The summed E-state index contributed by atoms with van der Waals surface area (Å²) >= 11 is 5.53. The first-order chi connectivity index (χ1) is 9.59. The lowest BCUT2D eigenvalue weighted by atomic mass is 10.1. The zero-order valence-electron chi connectivity index (χ0n) is 11.4. The molecule has 1 atom stereocenters. The molecule has 0 saturated heterocycles. The molecule has 120 valence electrons. The van der Waals surface area contributed by atoms with Crippen LogP contribution in [0.5, 0.6) is 5.75 Å². The van der Waals surface area contributed by atoms with Crippen molar-refractivity contribution in [1.29, 1.82) is 0 Å². The Balaban J connectivity index is 3.06. The molecule has 0 aliphatic heterocycles. The summed E-state index contributed by atoms with van der Waals surface area (Å²) in [7, 11) is -2.66. The van der Waals surface area contributed by atoms with E-state index in [9.17, 15) is 21.6 Å². The molecule has 0 fully saturated rings. The molecule has 0 aromatic heterocycles. The topological polar surface area (TPSA) is 55.4 Å². The number of benzene rings is 1. The number of halogens is 4. The highest BCUT2D eigenvalue weighted by atomic mass is 35.5. The van der Waals surface area contributed by atoms with E-state index in [1.54, 1.807) is 6.92 Å². The molecule has 0 aliphatic carbocycles. The van der Waals surface area contributed by atoms with Crippen LogP contribution in [0, 0.1) is 5.92 Å². The Kier molecular flexibility index (Phi) is 5.75. The Morgan fingerprint density at radius 2 is 2.00 bits per heavy atom. The van der Waals surface area contributed by atoms with E-state index in [0.717, 1.165) is 13.2 Å². The fourth-order valence-corrected chi connectivity index (χ4v) is 3.31. The third-order valence-electron chi connectivity index (χ3n) is 2.55. The van der Waals surface area contributed by atoms with Gasteiger partial charge < -0.3 is 4.74 Å². The molecule has 0 heterocycles. The summed E-state index contributed by atoms with van der Waals surface area (Å²) in [5, 5.41) is 0. The number of rotatable bonds is 6. The number of ether oxygens (including phenoxy) is 1. The lowest BCUT2D eigenvalue weighted by Gasteiger charge is -2.15. The van der Waals surface area contributed by atoms with Crippen molar-refractivity contribution in [2.24, 2.45) is 5.92 Å². The molecule has 21 heavy (non-hydrogen) atoms. The maximum atomic E-state index is 12.8. The largest absolute Gasteiger partial charge is 0.496 e. The van der Waals surface area contributed by atoms with Gasteiger partial charge >= 0.3 is 6.18 Å².